The van der Waals surface area contributed by atoms with Gasteiger partial charge in [-0.25, -0.2) is 5.43 Å². The Balaban J connectivity index is 1.50. The predicted octanol–water partition coefficient (Wildman–Crippen LogP) is 2.63. The van der Waals surface area contributed by atoms with Crippen molar-refractivity contribution in [2.24, 2.45) is 5.10 Å². The van der Waals surface area contributed by atoms with Gasteiger partial charge in [-0.3, -0.25) is 9.59 Å². The highest BCUT2D eigenvalue weighted by molar-refractivity contribution is 6.35. The smallest absolute Gasteiger partial charge is 0.329 e. The van der Waals surface area contributed by atoms with E-state index >= 15 is 0 Å². The minimum absolute atomic E-state index is 0.257. The third-order valence-electron chi connectivity index (χ3n) is 4.33. The first-order valence-electron chi connectivity index (χ1n) is 9.47. The summed E-state index contributed by atoms with van der Waals surface area (Å²) in [5.41, 5.74) is 4.06. The Kier molecular flexibility index (Phi) is 7.51. The van der Waals surface area contributed by atoms with Crippen LogP contribution in [-0.2, 0) is 20.9 Å². The number of hydrogen-bond acceptors (Lipinski definition) is 5. The number of benzene rings is 3. The molecule has 154 valence electrons. The lowest BCUT2D eigenvalue weighted by Crippen LogP contribution is -2.39. The average molecular weight is 405 g/mol. The van der Waals surface area contributed by atoms with Gasteiger partial charge >= 0.3 is 11.8 Å². The fourth-order valence-electron chi connectivity index (χ4n) is 2.79. The molecule has 0 aliphatic rings. The van der Waals surface area contributed by atoms with Gasteiger partial charge in [-0.05, 0) is 46.2 Å². The number of amides is 2. The van der Waals surface area contributed by atoms with Crippen LogP contribution in [0.3, 0.4) is 0 Å². The fraction of sp³-hybridized carbons (Fsp3) is 0.174. The van der Waals surface area contributed by atoms with Gasteiger partial charge in [0.1, 0.15) is 12.4 Å². The molecule has 0 spiro atoms. The SMILES string of the molecule is COCCNC(=O)C(=O)N/N=C\c1ccc(OCc2cccc3ccccc23)cc1. The van der Waals surface area contributed by atoms with Gasteiger partial charge in [0.15, 0.2) is 0 Å². The van der Waals surface area contributed by atoms with Gasteiger partial charge in [0.2, 0.25) is 0 Å². The van der Waals surface area contributed by atoms with E-state index in [-0.39, 0.29) is 6.54 Å². The zero-order valence-corrected chi connectivity index (χ0v) is 16.6. The topological polar surface area (TPSA) is 89.0 Å². The van der Waals surface area contributed by atoms with E-state index in [0.29, 0.717) is 13.2 Å². The molecular weight excluding hydrogens is 382 g/mol. The molecular formula is C23H23N3O4. The minimum Gasteiger partial charge on any atom is -0.489 e. The summed E-state index contributed by atoms with van der Waals surface area (Å²) >= 11 is 0. The lowest BCUT2D eigenvalue weighted by molar-refractivity contribution is -0.139. The first-order valence-corrected chi connectivity index (χ1v) is 9.47. The van der Waals surface area contributed by atoms with E-state index in [9.17, 15) is 9.59 Å². The van der Waals surface area contributed by atoms with E-state index in [1.165, 1.54) is 24.1 Å². The summed E-state index contributed by atoms with van der Waals surface area (Å²) in [4.78, 5) is 23.1. The van der Waals surface area contributed by atoms with E-state index in [1.807, 2.05) is 42.5 Å². The maximum Gasteiger partial charge on any atom is 0.329 e. The monoisotopic (exact) mass is 405 g/mol. The molecule has 0 bridgehead atoms. The van der Waals surface area contributed by atoms with E-state index < -0.39 is 11.8 Å². The third-order valence-corrected chi connectivity index (χ3v) is 4.33. The number of carbonyl (C=O) groups excluding carboxylic acids is 2. The molecule has 3 aromatic carbocycles. The summed E-state index contributed by atoms with van der Waals surface area (Å²) in [6, 6.07) is 21.6. The number of rotatable bonds is 8. The van der Waals surface area contributed by atoms with Crippen LogP contribution >= 0.6 is 0 Å². The fourth-order valence-corrected chi connectivity index (χ4v) is 2.79. The molecule has 0 unspecified atom stereocenters. The van der Waals surface area contributed by atoms with Crippen molar-refractivity contribution in [2.75, 3.05) is 20.3 Å². The van der Waals surface area contributed by atoms with Crippen LogP contribution in [0.15, 0.2) is 71.8 Å². The zero-order valence-electron chi connectivity index (χ0n) is 16.6. The van der Waals surface area contributed by atoms with E-state index in [0.717, 1.165) is 16.9 Å². The Morgan fingerprint density at radius 2 is 1.73 bits per heavy atom. The van der Waals surface area contributed by atoms with Gasteiger partial charge in [0.05, 0.1) is 12.8 Å². The first kappa shape index (κ1) is 21.0. The van der Waals surface area contributed by atoms with Gasteiger partial charge in [-0.15, -0.1) is 0 Å². The summed E-state index contributed by atoms with van der Waals surface area (Å²) < 4.78 is 10.7. The minimum atomic E-state index is -0.836. The molecule has 0 aliphatic heterocycles. The first-order chi connectivity index (χ1) is 14.7. The van der Waals surface area contributed by atoms with Gasteiger partial charge in [0.25, 0.3) is 0 Å². The van der Waals surface area contributed by atoms with Gasteiger partial charge in [-0.1, -0.05) is 42.5 Å². The van der Waals surface area contributed by atoms with Gasteiger partial charge in [-0.2, -0.15) is 5.10 Å². The highest BCUT2D eigenvalue weighted by Crippen LogP contribution is 2.20. The maximum absolute atomic E-state index is 11.6. The highest BCUT2D eigenvalue weighted by atomic mass is 16.5. The van der Waals surface area contributed by atoms with Crippen molar-refractivity contribution in [2.45, 2.75) is 6.61 Å². The third kappa shape index (κ3) is 5.89. The Morgan fingerprint density at radius 3 is 2.53 bits per heavy atom. The molecule has 7 heteroatoms. The molecule has 3 rings (SSSR count). The molecule has 3 aromatic rings. The Labute approximate surface area is 174 Å². The zero-order chi connectivity index (χ0) is 21.2. The Hall–Kier alpha value is -3.71. The second kappa shape index (κ2) is 10.7. The van der Waals surface area contributed by atoms with Crippen molar-refractivity contribution in [1.82, 2.24) is 10.7 Å². The van der Waals surface area contributed by atoms with Crippen molar-refractivity contribution in [1.29, 1.82) is 0 Å². The number of methoxy groups -OCH3 is 1. The Bertz CT molecular complexity index is 1030. The van der Waals surface area contributed by atoms with Crippen LogP contribution in [0.2, 0.25) is 0 Å². The average Bonchev–Trinajstić information content (AvgIpc) is 2.78. The van der Waals surface area contributed by atoms with Crippen LogP contribution in [0.5, 0.6) is 5.75 Å². The molecule has 30 heavy (non-hydrogen) atoms. The van der Waals surface area contributed by atoms with Gasteiger partial charge < -0.3 is 14.8 Å². The molecule has 0 aromatic heterocycles. The van der Waals surface area contributed by atoms with Crippen LogP contribution in [0.1, 0.15) is 11.1 Å². The summed E-state index contributed by atoms with van der Waals surface area (Å²) in [5, 5.41) is 8.55. The van der Waals surface area contributed by atoms with E-state index in [2.05, 4.69) is 40.1 Å². The number of nitrogens with one attached hydrogen (secondary N) is 2. The maximum atomic E-state index is 11.6. The van der Waals surface area contributed by atoms with Gasteiger partial charge in [0, 0.05) is 13.7 Å². The molecule has 2 amide bonds. The van der Waals surface area contributed by atoms with Crippen LogP contribution in [0, 0.1) is 0 Å². The number of hydrazone groups is 1. The number of hydrogen-bond donors (Lipinski definition) is 2. The summed E-state index contributed by atoms with van der Waals surface area (Å²) in [6.07, 6.45) is 1.45. The summed E-state index contributed by atoms with van der Waals surface area (Å²) in [7, 11) is 1.51. The van der Waals surface area contributed by atoms with Crippen molar-refractivity contribution in [3.63, 3.8) is 0 Å². The predicted molar refractivity (Wildman–Crippen MR) is 115 cm³/mol. The number of nitrogens with zero attached hydrogens (tertiary/aromatic N) is 1. The van der Waals surface area contributed by atoms with E-state index in [4.69, 9.17) is 9.47 Å². The van der Waals surface area contributed by atoms with Crippen LogP contribution in [0.25, 0.3) is 10.8 Å². The molecule has 0 radical (unpaired) electrons. The normalized spacial score (nSPS) is 10.8. The molecule has 7 nitrogen and oxygen atoms in total. The largest absolute Gasteiger partial charge is 0.489 e. The highest BCUT2D eigenvalue weighted by Gasteiger charge is 2.11. The summed E-state index contributed by atoms with van der Waals surface area (Å²) in [6.45, 7) is 1.05. The van der Waals surface area contributed by atoms with E-state index in [1.54, 1.807) is 0 Å². The molecule has 0 saturated carbocycles. The van der Waals surface area contributed by atoms with Crippen molar-refractivity contribution in [3.05, 3.63) is 77.9 Å². The molecule has 0 fully saturated rings. The Morgan fingerprint density at radius 1 is 0.967 bits per heavy atom. The number of ether oxygens (including phenoxy) is 2. The molecule has 2 N–H and O–H groups in total. The van der Waals surface area contributed by atoms with Crippen molar-refractivity contribution >= 4 is 28.8 Å². The van der Waals surface area contributed by atoms with Crippen LogP contribution in [0.4, 0.5) is 0 Å². The molecule has 0 aliphatic carbocycles. The van der Waals surface area contributed by atoms with Crippen molar-refractivity contribution < 1.29 is 19.1 Å². The lowest BCUT2D eigenvalue weighted by Gasteiger charge is -2.09. The molecule has 0 saturated heterocycles. The summed E-state index contributed by atoms with van der Waals surface area (Å²) in [5.74, 6) is -0.875. The standard InChI is InChI=1S/C23H23N3O4/c1-29-14-13-24-22(27)23(28)26-25-15-17-9-11-20(12-10-17)30-16-19-7-4-6-18-5-2-3-8-21(18)19/h2-12,15H,13-14,16H2,1H3,(H,24,27)(H,26,28)/b25-15-. The second-order valence-corrected chi connectivity index (χ2v) is 6.44. The molecule has 0 atom stereocenters. The number of fused-ring (bicyclic) bond motifs is 1. The second-order valence-electron chi connectivity index (χ2n) is 6.44. The van der Waals surface area contributed by atoms with Crippen LogP contribution < -0.4 is 15.5 Å². The molecule has 0 heterocycles. The number of carbonyl (C=O) groups is 2. The van der Waals surface area contributed by atoms with Crippen molar-refractivity contribution in [3.8, 4) is 5.75 Å². The quantitative estimate of drug-likeness (QED) is 0.261. The van der Waals surface area contributed by atoms with Crippen LogP contribution in [-0.4, -0.2) is 38.3 Å². The lowest BCUT2D eigenvalue weighted by atomic mass is 10.1.